The number of fused-ring (bicyclic) bond motifs is 2. The van der Waals surface area contributed by atoms with Gasteiger partial charge < -0.3 is 15.3 Å². The van der Waals surface area contributed by atoms with Crippen molar-refractivity contribution >= 4 is 45.3 Å². The van der Waals surface area contributed by atoms with Crippen LogP contribution in [0.1, 0.15) is 104 Å². The predicted molar refractivity (Wildman–Crippen MR) is 210 cm³/mol. The highest BCUT2D eigenvalue weighted by Gasteiger charge is 2.36. The molecule has 15 heteroatoms. The number of anilines is 1. The topological polar surface area (TPSA) is 180 Å². The van der Waals surface area contributed by atoms with Crippen molar-refractivity contribution in [1.82, 2.24) is 34.1 Å². The standard InChI is InChI=1S/C42H46FN9O5/c1-42(2,57)31-17-33-27(16-34(31)46-39(54)26-15-25(18-44)19-45-20-26)22-51(48-33)28-9-7-24(8-10-28)21-50-14-13-29(32(43)23-50)30-5-4-6-35-38(30)49(3)41(56)52(35)36-11-12-37(53)47-40(36)55/h4-6,15-17,19-20,22,24,28-29,32,36,57H,7-14,21,23H2,1-3H3,(H,46,54)(H,47,53,55)/t24?,28?,29-,32+,36?/m0/s1. The number of carbonyl (C=O) groups is 3. The van der Waals surface area contributed by atoms with Crippen LogP contribution < -0.4 is 16.3 Å². The van der Waals surface area contributed by atoms with Crippen molar-refractivity contribution < 1.29 is 23.9 Å². The number of pyridine rings is 1. The second kappa shape index (κ2) is 15.0. The number of rotatable bonds is 8. The molecule has 0 radical (unpaired) electrons. The van der Waals surface area contributed by atoms with E-state index in [1.54, 1.807) is 27.0 Å². The van der Waals surface area contributed by atoms with Gasteiger partial charge in [0.2, 0.25) is 11.8 Å². The van der Waals surface area contributed by atoms with Crippen LogP contribution >= 0.6 is 0 Å². The van der Waals surface area contributed by atoms with E-state index in [0.29, 0.717) is 46.7 Å². The van der Waals surface area contributed by atoms with Gasteiger partial charge in [-0.2, -0.15) is 10.4 Å². The summed E-state index contributed by atoms with van der Waals surface area (Å²) in [4.78, 5) is 57.3. The van der Waals surface area contributed by atoms with Crippen LogP contribution in [0.15, 0.2) is 59.8 Å². The number of nitrogens with one attached hydrogen (secondary N) is 2. The van der Waals surface area contributed by atoms with Gasteiger partial charge in [0.15, 0.2) is 0 Å². The summed E-state index contributed by atoms with van der Waals surface area (Å²) in [6.45, 7) is 5.15. The molecule has 14 nitrogen and oxygen atoms in total. The second-order valence-electron chi connectivity index (χ2n) is 16.4. The zero-order chi connectivity index (χ0) is 40.2. The van der Waals surface area contributed by atoms with Crippen molar-refractivity contribution in [3.8, 4) is 6.07 Å². The maximum absolute atomic E-state index is 16.2. The molecule has 8 rings (SSSR count). The molecule has 2 saturated heterocycles. The number of para-hydroxylation sites is 1. The number of nitriles is 1. The number of halogens is 1. The Balaban J connectivity index is 0.913. The molecule has 2 aromatic carbocycles. The predicted octanol–water partition coefficient (Wildman–Crippen LogP) is 4.97. The van der Waals surface area contributed by atoms with Crippen molar-refractivity contribution in [1.29, 1.82) is 5.26 Å². The van der Waals surface area contributed by atoms with Gasteiger partial charge in [-0.25, -0.2) is 9.18 Å². The summed E-state index contributed by atoms with van der Waals surface area (Å²) >= 11 is 0. The minimum absolute atomic E-state index is 0.154. The first-order valence-electron chi connectivity index (χ1n) is 19.6. The number of imide groups is 1. The minimum Gasteiger partial charge on any atom is -0.386 e. The summed E-state index contributed by atoms with van der Waals surface area (Å²) in [5, 5.41) is 31.2. The van der Waals surface area contributed by atoms with Gasteiger partial charge in [-0.3, -0.25) is 38.5 Å². The third kappa shape index (κ3) is 7.35. The molecule has 3 fully saturated rings. The largest absolute Gasteiger partial charge is 0.386 e. The lowest BCUT2D eigenvalue weighted by atomic mass is 9.83. The molecule has 3 atom stereocenters. The van der Waals surface area contributed by atoms with Gasteiger partial charge in [-0.1, -0.05) is 12.1 Å². The number of hydrogen-bond acceptors (Lipinski definition) is 9. The molecule has 1 unspecified atom stereocenters. The summed E-state index contributed by atoms with van der Waals surface area (Å²) in [5.74, 6) is -1.26. The van der Waals surface area contributed by atoms with Crippen molar-refractivity contribution in [3.05, 3.63) is 87.7 Å². The van der Waals surface area contributed by atoms with Crippen LogP contribution in [0.3, 0.4) is 0 Å². The van der Waals surface area contributed by atoms with Crippen LogP contribution in [0.25, 0.3) is 21.9 Å². The van der Waals surface area contributed by atoms with Crippen molar-refractivity contribution in [2.75, 3.05) is 25.0 Å². The van der Waals surface area contributed by atoms with Crippen LogP contribution in [0.2, 0.25) is 0 Å². The number of aliphatic hydroxyl groups is 1. The SMILES string of the molecule is Cn1c(=O)n(C2CCC(=O)NC2=O)c2cccc([C@@H]3CCN(CC4CCC(n5cc6cc(NC(=O)c7cncc(C#N)c7)c(C(C)(C)O)cc6n5)CC4)C[C@H]3F)c21. The second-order valence-corrected chi connectivity index (χ2v) is 16.4. The molecule has 3 amide bonds. The summed E-state index contributed by atoms with van der Waals surface area (Å²) in [5.41, 5.74) is 2.54. The first kappa shape index (κ1) is 38.2. The molecule has 1 aliphatic carbocycles. The van der Waals surface area contributed by atoms with Crippen LogP contribution in [-0.4, -0.2) is 77.4 Å². The van der Waals surface area contributed by atoms with Crippen molar-refractivity contribution in [2.24, 2.45) is 13.0 Å². The van der Waals surface area contributed by atoms with E-state index in [9.17, 15) is 29.5 Å². The van der Waals surface area contributed by atoms with E-state index < -0.39 is 35.5 Å². The minimum atomic E-state index is -1.27. The summed E-state index contributed by atoms with van der Waals surface area (Å²) < 4.78 is 21.1. The summed E-state index contributed by atoms with van der Waals surface area (Å²) in [6.07, 6.45) is 8.40. The number of imidazole rings is 1. The number of aromatic nitrogens is 5. The van der Waals surface area contributed by atoms with Gasteiger partial charge in [0.05, 0.1) is 39.3 Å². The first-order valence-corrected chi connectivity index (χ1v) is 19.6. The van der Waals surface area contributed by atoms with E-state index >= 15 is 4.39 Å². The van der Waals surface area contributed by atoms with Crippen molar-refractivity contribution in [3.63, 3.8) is 0 Å². The number of aryl methyl sites for hydroxylation is 1. The molecule has 3 aromatic heterocycles. The fourth-order valence-corrected chi connectivity index (χ4v) is 9.15. The number of benzene rings is 2. The van der Waals surface area contributed by atoms with E-state index in [0.717, 1.165) is 49.7 Å². The number of piperidine rings is 2. The van der Waals surface area contributed by atoms with Gasteiger partial charge >= 0.3 is 5.69 Å². The van der Waals surface area contributed by atoms with Gasteiger partial charge in [0.25, 0.3) is 5.91 Å². The van der Waals surface area contributed by atoms with Crippen molar-refractivity contribution in [2.45, 2.75) is 88.6 Å². The number of hydrogen-bond donors (Lipinski definition) is 3. The summed E-state index contributed by atoms with van der Waals surface area (Å²) in [6, 6.07) is 12.0. The van der Waals surface area contributed by atoms with Crippen LogP contribution in [0, 0.1) is 17.2 Å². The molecule has 5 aromatic rings. The third-order valence-electron chi connectivity index (χ3n) is 12.1. The number of alkyl halides is 1. The number of amides is 3. The molecular weight excluding hydrogens is 730 g/mol. The van der Waals surface area contributed by atoms with Crippen LogP contribution in [0.5, 0.6) is 0 Å². The molecule has 57 heavy (non-hydrogen) atoms. The Morgan fingerprint density at radius 1 is 1.09 bits per heavy atom. The van der Waals surface area contributed by atoms with E-state index in [2.05, 4.69) is 20.5 Å². The quantitative estimate of drug-likeness (QED) is 0.184. The molecule has 3 N–H and O–H groups in total. The normalized spacial score (nSPS) is 23.4. The Morgan fingerprint density at radius 3 is 2.60 bits per heavy atom. The Hall–Kier alpha value is -5.72. The van der Waals surface area contributed by atoms with Gasteiger partial charge in [-0.05, 0) is 94.7 Å². The number of nitrogens with zero attached hydrogens (tertiary/aromatic N) is 7. The highest BCUT2D eigenvalue weighted by molar-refractivity contribution is 6.06. The first-order chi connectivity index (χ1) is 27.3. The average molecular weight is 776 g/mol. The average Bonchev–Trinajstić information content (AvgIpc) is 3.72. The summed E-state index contributed by atoms with van der Waals surface area (Å²) in [7, 11) is 1.66. The Morgan fingerprint density at radius 2 is 1.88 bits per heavy atom. The number of carbonyl (C=O) groups excluding carboxylic acids is 3. The molecular formula is C42H46FN9O5. The molecule has 3 aliphatic rings. The smallest absolute Gasteiger partial charge is 0.329 e. The number of likely N-dealkylation sites (tertiary alicyclic amines) is 1. The highest BCUT2D eigenvalue weighted by atomic mass is 19.1. The molecule has 0 bridgehead atoms. The Bertz CT molecular complexity index is 2500. The Kier molecular flexibility index (Phi) is 10.0. The molecule has 0 spiro atoms. The molecule has 1 saturated carbocycles. The fourth-order valence-electron chi connectivity index (χ4n) is 9.15. The zero-order valence-electron chi connectivity index (χ0n) is 32.2. The zero-order valence-corrected chi connectivity index (χ0v) is 32.2. The van der Waals surface area contributed by atoms with E-state index in [1.165, 1.54) is 27.6 Å². The lowest BCUT2D eigenvalue weighted by Gasteiger charge is -2.38. The van der Waals surface area contributed by atoms with Crippen LogP contribution in [0.4, 0.5) is 10.1 Å². The highest BCUT2D eigenvalue weighted by Crippen LogP contribution is 2.39. The van der Waals surface area contributed by atoms with E-state index in [-0.39, 0.29) is 41.6 Å². The molecule has 5 heterocycles. The van der Waals surface area contributed by atoms with E-state index in [4.69, 9.17) is 5.10 Å². The Labute approximate surface area is 328 Å². The lowest BCUT2D eigenvalue weighted by molar-refractivity contribution is -0.135. The maximum Gasteiger partial charge on any atom is 0.329 e. The molecule has 2 aliphatic heterocycles. The monoisotopic (exact) mass is 775 g/mol. The third-order valence-corrected chi connectivity index (χ3v) is 12.1. The lowest BCUT2D eigenvalue weighted by Crippen LogP contribution is -2.44. The maximum atomic E-state index is 16.2. The fraction of sp³-hybridized carbons (Fsp3) is 0.452. The van der Waals surface area contributed by atoms with Gasteiger partial charge in [0.1, 0.15) is 18.3 Å². The van der Waals surface area contributed by atoms with Crippen LogP contribution in [-0.2, 0) is 22.2 Å². The van der Waals surface area contributed by atoms with E-state index in [1.807, 2.05) is 41.2 Å². The van der Waals surface area contributed by atoms with Gasteiger partial charge in [-0.15, -0.1) is 0 Å². The van der Waals surface area contributed by atoms with Gasteiger partial charge in [0, 0.05) is 67.7 Å². The molecule has 296 valence electrons.